The van der Waals surface area contributed by atoms with Crippen molar-refractivity contribution < 1.29 is 74.0 Å². The van der Waals surface area contributed by atoms with E-state index >= 15 is 0 Å². The normalized spacial score (nSPS) is 12.5. The van der Waals surface area contributed by atoms with Gasteiger partial charge < -0.3 is 60.4 Å². The molecule has 0 fully saturated rings. The van der Waals surface area contributed by atoms with E-state index in [0.717, 1.165) is 88.2 Å². The first-order chi connectivity index (χ1) is 44.1. The summed E-state index contributed by atoms with van der Waals surface area (Å²) in [7, 11) is 9.69. The molecule has 0 saturated carbocycles. The van der Waals surface area contributed by atoms with Crippen molar-refractivity contribution in [1.82, 2.24) is 29.9 Å². The van der Waals surface area contributed by atoms with Crippen molar-refractivity contribution in [2.45, 2.75) is 97.8 Å². The summed E-state index contributed by atoms with van der Waals surface area (Å²) in [6, 6.07) is 29.9. The first kappa shape index (κ1) is 70.8. The summed E-state index contributed by atoms with van der Waals surface area (Å²) < 4.78 is 46.7. The number of hydrogen-bond acceptors (Lipinski definition) is 18. The van der Waals surface area contributed by atoms with Gasteiger partial charge in [-0.05, 0) is 232 Å². The van der Waals surface area contributed by atoms with Gasteiger partial charge in [0.2, 0.25) is 17.8 Å². The van der Waals surface area contributed by atoms with Crippen molar-refractivity contribution >= 4 is 94.2 Å². The standard InChI is InChI=1S/2C23H24BrN3O3.C13H13BrClN3O2.C10H12O.Na.H/c1-14-11-16(12-20(28-2)21(14)29-3)26-23-25-13-18(24)22(27-23)30-19-10-6-8-15-7-4-5-9-17(15)19;1-14-11-16(12-20(28-2)21(14)29-3)26-22-18(24)13-25-23(27-22)30-19-10-6-8-15-7-4-5-9-17(15)19;1-7-4-8(5-10(19-2)11(7)20-3)17-13-16-6-9(14)12(15)18-13;11-10-7-3-5-8-4-1-2-6-9(8)10;;/h2*6,8,10-13H,4-5,7,9H2,1-3H3,(H,25,26,27);4-6H,1-3H3,(H,16,17,18);3,5,7,11H,1-2,4,6H2;;/q;;;;+1;-1. The van der Waals surface area contributed by atoms with Crippen LogP contribution in [0.3, 0.4) is 0 Å². The Morgan fingerprint density at radius 2 is 0.859 bits per heavy atom. The van der Waals surface area contributed by atoms with Crippen molar-refractivity contribution in [3.8, 4) is 63.6 Å². The Labute approximate surface area is 591 Å². The molecule has 0 atom stereocenters. The number of benzene rings is 6. The number of anilines is 6. The number of rotatable bonds is 16. The van der Waals surface area contributed by atoms with Crippen LogP contribution in [-0.4, -0.2) is 77.7 Å². The third-order valence-corrected chi connectivity index (χ3v) is 17.6. The Hall–Kier alpha value is -7.11. The summed E-state index contributed by atoms with van der Waals surface area (Å²) in [5.74, 6) is 8.16. The second-order valence-corrected chi connectivity index (χ2v) is 24.4. The van der Waals surface area contributed by atoms with Gasteiger partial charge in [0, 0.05) is 41.5 Å². The second kappa shape index (κ2) is 34.2. The van der Waals surface area contributed by atoms with E-state index in [1.807, 2.05) is 87.5 Å². The molecule has 18 nitrogen and oxygen atoms in total. The fourth-order valence-corrected chi connectivity index (χ4v) is 12.0. The zero-order valence-electron chi connectivity index (χ0n) is 54.3. The molecular weight excluding hydrogens is 1400 g/mol. The predicted octanol–water partition coefficient (Wildman–Crippen LogP) is 15.3. The van der Waals surface area contributed by atoms with Crippen LogP contribution in [0.25, 0.3) is 0 Å². The van der Waals surface area contributed by atoms with Gasteiger partial charge >= 0.3 is 35.6 Å². The van der Waals surface area contributed by atoms with Gasteiger partial charge in [0.05, 0.1) is 68.5 Å². The Kier molecular flexibility index (Phi) is 26.3. The first-order valence-corrected chi connectivity index (χ1v) is 32.4. The number of phenolic OH excluding ortho intramolecular Hbond substituents is 1. The van der Waals surface area contributed by atoms with Gasteiger partial charge in [-0.15, -0.1) is 0 Å². The van der Waals surface area contributed by atoms with Gasteiger partial charge in [0.25, 0.3) is 0 Å². The molecule has 12 rings (SSSR count). The third kappa shape index (κ3) is 18.2. The number of phenols is 1. The maximum absolute atomic E-state index is 9.46. The number of nitrogens with zero attached hydrogens (tertiary/aromatic N) is 6. The van der Waals surface area contributed by atoms with Crippen LogP contribution in [0.15, 0.2) is 123 Å². The van der Waals surface area contributed by atoms with Crippen LogP contribution in [0, 0.1) is 20.8 Å². The second-order valence-electron chi connectivity index (χ2n) is 21.5. The number of aromatic hydroxyl groups is 1. The molecule has 0 unspecified atom stereocenters. The van der Waals surface area contributed by atoms with Crippen molar-refractivity contribution in [3.05, 3.63) is 178 Å². The van der Waals surface area contributed by atoms with E-state index in [0.29, 0.717) is 84.0 Å². The number of hydrogen-bond donors (Lipinski definition) is 4. The van der Waals surface area contributed by atoms with Crippen molar-refractivity contribution in [2.24, 2.45) is 0 Å². The topological polar surface area (TPSA) is 208 Å². The Bertz CT molecular complexity index is 4030. The average Bonchev–Trinajstić information content (AvgIpc) is 1.01. The summed E-state index contributed by atoms with van der Waals surface area (Å²) in [6.07, 6.45) is 18.7. The summed E-state index contributed by atoms with van der Waals surface area (Å²) in [4.78, 5) is 26.1. The molecule has 478 valence electrons. The number of aryl methyl sites for hydroxylation is 6. The van der Waals surface area contributed by atoms with Gasteiger partial charge in [-0.2, -0.15) is 15.0 Å². The van der Waals surface area contributed by atoms with Crippen molar-refractivity contribution in [2.75, 3.05) is 58.6 Å². The number of ether oxygens (including phenoxy) is 8. The smallest absolute Gasteiger partial charge is 1.00 e. The molecule has 3 heterocycles. The minimum absolute atomic E-state index is 0. The predicted molar refractivity (Wildman–Crippen MR) is 369 cm³/mol. The van der Waals surface area contributed by atoms with Crippen LogP contribution in [0.2, 0.25) is 5.15 Å². The maximum atomic E-state index is 9.46. The largest absolute Gasteiger partial charge is 1.00 e. The monoisotopic (exact) mass is 1470 g/mol. The van der Waals surface area contributed by atoms with Crippen LogP contribution in [0.1, 0.15) is 90.0 Å². The number of aromatic nitrogens is 6. The summed E-state index contributed by atoms with van der Waals surface area (Å²) in [5, 5.41) is 19.4. The molecule has 0 amide bonds. The summed E-state index contributed by atoms with van der Waals surface area (Å²) >= 11 is 16.2. The molecule has 92 heavy (non-hydrogen) atoms. The molecule has 6 aromatic carbocycles. The van der Waals surface area contributed by atoms with Crippen LogP contribution in [0.4, 0.5) is 34.8 Å². The average molecular weight is 1470 g/mol. The Balaban J connectivity index is 0.000000183. The van der Waals surface area contributed by atoms with E-state index in [1.165, 1.54) is 71.9 Å². The summed E-state index contributed by atoms with van der Waals surface area (Å²) in [6.45, 7) is 5.86. The first-order valence-electron chi connectivity index (χ1n) is 29.7. The van der Waals surface area contributed by atoms with Gasteiger partial charge in [-0.25, -0.2) is 15.0 Å². The SMILES string of the molecule is COc1cc(Nc2nc(Oc3cccc4c3CCCC4)ncc2Br)cc(C)c1OC.COc1cc(Nc2ncc(Br)c(Cl)n2)cc(C)c1OC.COc1cc(Nc2ncc(Br)c(Oc3cccc4c3CCCC4)n2)cc(C)c1OC.Oc1cccc2c1CCCC2.[H-].[Na+]. The Morgan fingerprint density at radius 1 is 0.446 bits per heavy atom. The molecular formula is C69H74Br3ClN9NaO9. The van der Waals surface area contributed by atoms with Crippen molar-refractivity contribution in [1.29, 1.82) is 0 Å². The van der Waals surface area contributed by atoms with E-state index in [9.17, 15) is 5.11 Å². The molecule has 23 heteroatoms. The zero-order chi connectivity index (χ0) is 64.6. The molecule has 0 bridgehead atoms. The van der Waals surface area contributed by atoms with Crippen LogP contribution in [-0.2, 0) is 38.5 Å². The molecule has 4 N–H and O–H groups in total. The third-order valence-electron chi connectivity index (χ3n) is 15.4. The van der Waals surface area contributed by atoms with E-state index < -0.39 is 0 Å². The van der Waals surface area contributed by atoms with E-state index in [1.54, 1.807) is 67.3 Å². The van der Waals surface area contributed by atoms with Gasteiger partial charge in [0.1, 0.15) is 22.4 Å². The van der Waals surface area contributed by atoms with Crippen LogP contribution < -0.4 is 83.4 Å². The molecule has 0 saturated heterocycles. The molecule has 3 aliphatic carbocycles. The maximum Gasteiger partial charge on any atom is 1.00 e. The molecule has 3 aliphatic rings. The molecule has 0 aliphatic heterocycles. The minimum atomic E-state index is 0. The number of fused-ring (bicyclic) bond motifs is 3. The zero-order valence-corrected chi connectivity index (χ0v) is 60.8. The van der Waals surface area contributed by atoms with Gasteiger partial charge in [0.15, 0.2) is 40.3 Å². The van der Waals surface area contributed by atoms with Gasteiger partial charge in [-0.1, -0.05) is 48.0 Å². The molecule has 0 radical (unpaired) electrons. The van der Waals surface area contributed by atoms with E-state index in [4.69, 9.17) is 49.5 Å². The molecule has 9 aromatic rings. The molecule has 0 spiro atoms. The van der Waals surface area contributed by atoms with Crippen LogP contribution in [0.5, 0.6) is 63.6 Å². The number of halogens is 4. The fourth-order valence-electron chi connectivity index (χ4n) is 11.1. The summed E-state index contributed by atoms with van der Waals surface area (Å²) in [5.41, 5.74) is 13.0. The number of nitrogens with one attached hydrogen (secondary N) is 3. The van der Waals surface area contributed by atoms with Crippen molar-refractivity contribution in [3.63, 3.8) is 0 Å². The fraction of sp³-hybridized carbons (Fsp3) is 0.304. The number of methoxy groups -OCH3 is 6. The van der Waals surface area contributed by atoms with Crippen LogP contribution >= 0.6 is 59.4 Å². The quantitative estimate of drug-likeness (QED) is 0.0524. The van der Waals surface area contributed by atoms with E-state index in [2.05, 4.69) is 112 Å². The Morgan fingerprint density at radius 3 is 1.33 bits per heavy atom. The van der Waals surface area contributed by atoms with E-state index in [-0.39, 0.29) is 31.0 Å². The minimum Gasteiger partial charge on any atom is -1.00 e. The van der Waals surface area contributed by atoms with Gasteiger partial charge in [-0.3, -0.25) is 0 Å². The molecule has 3 aromatic heterocycles.